The first-order valence-corrected chi connectivity index (χ1v) is 9.98. The Hall–Kier alpha value is -1.30. The summed E-state index contributed by atoms with van der Waals surface area (Å²) < 4.78 is 0. The molecule has 1 aromatic heterocycles. The predicted molar refractivity (Wildman–Crippen MR) is 105 cm³/mol. The van der Waals surface area contributed by atoms with E-state index in [1.165, 1.54) is 32.1 Å². The molecule has 2 rings (SSSR count). The van der Waals surface area contributed by atoms with Crippen molar-refractivity contribution in [2.24, 2.45) is 16.8 Å². The zero-order valence-electron chi connectivity index (χ0n) is 15.8. The second-order valence-corrected chi connectivity index (χ2v) is 7.97. The van der Waals surface area contributed by atoms with Gasteiger partial charge in [-0.05, 0) is 18.8 Å². The van der Waals surface area contributed by atoms with E-state index >= 15 is 0 Å². The molecule has 1 fully saturated rings. The fourth-order valence-corrected chi connectivity index (χ4v) is 4.13. The normalized spacial score (nSPS) is 19.0. The zero-order valence-corrected chi connectivity index (χ0v) is 16.6. The molecule has 2 unspecified atom stereocenters. The lowest BCUT2D eigenvalue weighted by Crippen LogP contribution is -2.46. The third-order valence-electron chi connectivity index (χ3n) is 5.13. The monoisotopic (exact) mass is 351 g/mol. The average Bonchev–Trinajstić information content (AvgIpc) is 3.07. The van der Waals surface area contributed by atoms with Crippen LogP contribution in [0.1, 0.15) is 51.6 Å². The van der Waals surface area contributed by atoms with Gasteiger partial charge in [0, 0.05) is 32.6 Å². The van der Waals surface area contributed by atoms with E-state index in [0.717, 1.165) is 22.7 Å². The molecule has 1 heterocycles. The van der Waals surface area contributed by atoms with Crippen LogP contribution in [0.5, 0.6) is 0 Å². The van der Waals surface area contributed by atoms with Gasteiger partial charge in [0.15, 0.2) is 11.1 Å². The summed E-state index contributed by atoms with van der Waals surface area (Å²) in [6, 6.07) is 0.423. The highest BCUT2D eigenvalue weighted by Gasteiger charge is 2.24. The number of guanidine groups is 1. The summed E-state index contributed by atoms with van der Waals surface area (Å²) in [5.74, 6) is 2.38. The molecule has 0 saturated heterocycles. The molecule has 0 aromatic carbocycles. The van der Waals surface area contributed by atoms with E-state index < -0.39 is 0 Å². The van der Waals surface area contributed by atoms with E-state index in [1.54, 1.807) is 11.3 Å². The second kappa shape index (κ2) is 9.25. The smallest absolute Gasteiger partial charge is 0.191 e. The van der Waals surface area contributed by atoms with Crippen molar-refractivity contribution >= 4 is 22.4 Å². The first-order valence-electron chi connectivity index (χ1n) is 9.10. The zero-order chi connectivity index (χ0) is 17.5. The number of rotatable bonds is 6. The molecule has 1 aliphatic carbocycles. The summed E-state index contributed by atoms with van der Waals surface area (Å²) in [6.45, 7) is 5.36. The van der Waals surface area contributed by atoms with Gasteiger partial charge in [0.25, 0.3) is 0 Å². The van der Waals surface area contributed by atoms with Crippen LogP contribution in [0.4, 0.5) is 5.13 Å². The van der Waals surface area contributed by atoms with Crippen molar-refractivity contribution in [2.45, 2.75) is 58.5 Å². The van der Waals surface area contributed by atoms with Crippen LogP contribution in [0.3, 0.4) is 0 Å². The minimum atomic E-state index is 0.423. The van der Waals surface area contributed by atoms with Crippen LogP contribution in [0, 0.1) is 11.8 Å². The largest absolute Gasteiger partial charge is 0.354 e. The Morgan fingerprint density at radius 2 is 2.04 bits per heavy atom. The molecule has 0 bridgehead atoms. The molecule has 136 valence electrons. The van der Waals surface area contributed by atoms with E-state index in [9.17, 15) is 0 Å². The fourth-order valence-electron chi connectivity index (χ4n) is 3.37. The van der Waals surface area contributed by atoms with Crippen molar-refractivity contribution in [3.63, 3.8) is 0 Å². The molecule has 0 amide bonds. The molecule has 1 saturated carbocycles. The number of aliphatic imine (C=N–C) groups is 1. The fraction of sp³-hybridized carbons (Fsp3) is 0.778. The van der Waals surface area contributed by atoms with E-state index in [2.05, 4.69) is 39.8 Å². The molecule has 5 nitrogen and oxygen atoms in total. The molecular formula is C18H33N5S. The highest BCUT2D eigenvalue weighted by atomic mass is 32.1. The number of anilines is 1. The molecule has 0 spiro atoms. The topological polar surface area (TPSA) is 52.6 Å². The summed E-state index contributed by atoms with van der Waals surface area (Å²) in [6.07, 6.45) is 6.97. The summed E-state index contributed by atoms with van der Waals surface area (Å²) in [4.78, 5) is 11.0. The molecule has 0 radical (unpaired) electrons. The SMILES string of the molecule is CN=C(NCc1csc(N(C)C)n1)NC(C)C(C)C1CCCCC1. The van der Waals surface area contributed by atoms with Gasteiger partial charge in [0.1, 0.15) is 0 Å². The highest BCUT2D eigenvalue weighted by molar-refractivity contribution is 7.13. The first kappa shape index (κ1) is 19.0. The van der Waals surface area contributed by atoms with Gasteiger partial charge in [-0.15, -0.1) is 11.3 Å². The van der Waals surface area contributed by atoms with Crippen LogP contribution >= 0.6 is 11.3 Å². The van der Waals surface area contributed by atoms with Gasteiger partial charge in [0.05, 0.1) is 12.2 Å². The van der Waals surface area contributed by atoms with E-state index in [0.29, 0.717) is 18.5 Å². The lowest BCUT2D eigenvalue weighted by Gasteiger charge is -2.32. The van der Waals surface area contributed by atoms with Crippen molar-refractivity contribution < 1.29 is 0 Å². The average molecular weight is 352 g/mol. The maximum absolute atomic E-state index is 4.60. The minimum Gasteiger partial charge on any atom is -0.354 e. The lowest BCUT2D eigenvalue weighted by molar-refractivity contribution is 0.229. The maximum atomic E-state index is 4.60. The quantitative estimate of drug-likeness (QED) is 0.608. The van der Waals surface area contributed by atoms with E-state index in [1.807, 2.05) is 26.0 Å². The second-order valence-electron chi connectivity index (χ2n) is 7.13. The van der Waals surface area contributed by atoms with Gasteiger partial charge in [-0.25, -0.2) is 4.98 Å². The van der Waals surface area contributed by atoms with Crippen molar-refractivity contribution in [2.75, 3.05) is 26.0 Å². The number of aromatic nitrogens is 1. The van der Waals surface area contributed by atoms with Crippen LogP contribution in [-0.2, 0) is 6.54 Å². The van der Waals surface area contributed by atoms with Crippen molar-refractivity contribution in [3.8, 4) is 0 Å². The van der Waals surface area contributed by atoms with Crippen LogP contribution < -0.4 is 15.5 Å². The van der Waals surface area contributed by atoms with Gasteiger partial charge in [-0.2, -0.15) is 0 Å². The summed E-state index contributed by atoms with van der Waals surface area (Å²) in [5.41, 5.74) is 1.06. The van der Waals surface area contributed by atoms with E-state index in [-0.39, 0.29) is 0 Å². The molecule has 6 heteroatoms. The van der Waals surface area contributed by atoms with Gasteiger partial charge in [-0.3, -0.25) is 4.99 Å². The van der Waals surface area contributed by atoms with Crippen molar-refractivity contribution in [1.29, 1.82) is 0 Å². The van der Waals surface area contributed by atoms with Crippen LogP contribution in [0.2, 0.25) is 0 Å². The molecule has 24 heavy (non-hydrogen) atoms. The number of hydrogen-bond acceptors (Lipinski definition) is 4. The third-order valence-corrected chi connectivity index (χ3v) is 6.19. The Labute approximate surface area is 151 Å². The highest BCUT2D eigenvalue weighted by Crippen LogP contribution is 2.31. The van der Waals surface area contributed by atoms with Gasteiger partial charge in [0.2, 0.25) is 0 Å². The van der Waals surface area contributed by atoms with Crippen molar-refractivity contribution in [3.05, 3.63) is 11.1 Å². The summed E-state index contributed by atoms with van der Waals surface area (Å²) >= 11 is 1.67. The van der Waals surface area contributed by atoms with Crippen LogP contribution in [0.15, 0.2) is 10.4 Å². The molecule has 2 atom stereocenters. The Morgan fingerprint density at radius 1 is 1.33 bits per heavy atom. The number of nitrogens with zero attached hydrogens (tertiary/aromatic N) is 3. The molecule has 2 N–H and O–H groups in total. The summed E-state index contributed by atoms with van der Waals surface area (Å²) in [7, 11) is 5.87. The van der Waals surface area contributed by atoms with Crippen molar-refractivity contribution in [1.82, 2.24) is 15.6 Å². The maximum Gasteiger partial charge on any atom is 0.191 e. The standard InChI is InChI=1S/C18H33N5S/c1-13(15-9-7-6-8-10-15)14(2)21-17(19-3)20-11-16-12-24-18(22-16)23(4)5/h12-15H,6-11H2,1-5H3,(H2,19,20,21). The Morgan fingerprint density at radius 3 is 2.62 bits per heavy atom. The van der Waals surface area contributed by atoms with E-state index in [4.69, 9.17) is 0 Å². The molecule has 1 aliphatic rings. The minimum absolute atomic E-state index is 0.423. The molecule has 1 aromatic rings. The Balaban J connectivity index is 1.82. The first-order chi connectivity index (χ1) is 11.5. The number of thiazole rings is 1. The van der Waals surface area contributed by atoms with Gasteiger partial charge < -0.3 is 15.5 Å². The molecule has 0 aliphatic heterocycles. The number of nitrogens with one attached hydrogen (secondary N) is 2. The predicted octanol–water partition coefficient (Wildman–Crippen LogP) is 3.48. The van der Waals surface area contributed by atoms with Crippen LogP contribution in [-0.4, -0.2) is 38.1 Å². The van der Waals surface area contributed by atoms with Gasteiger partial charge >= 0.3 is 0 Å². The summed E-state index contributed by atoms with van der Waals surface area (Å²) in [5, 5.41) is 10.1. The number of hydrogen-bond donors (Lipinski definition) is 2. The van der Waals surface area contributed by atoms with Crippen LogP contribution in [0.25, 0.3) is 0 Å². The Kier molecular flexibility index (Phi) is 7.34. The third kappa shape index (κ3) is 5.36. The lowest BCUT2D eigenvalue weighted by atomic mass is 9.78. The Bertz CT molecular complexity index is 519. The van der Waals surface area contributed by atoms with Gasteiger partial charge in [-0.1, -0.05) is 39.0 Å². The molecular weight excluding hydrogens is 318 g/mol.